The minimum atomic E-state index is -0.769. The fourth-order valence-electron chi connectivity index (χ4n) is 8.78. The first-order chi connectivity index (χ1) is 28.9. The number of nitrogens with one attached hydrogen (secondary N) is 2. The molecule has 13 heteroatoms. The van der Waals surface area contributed by atoms with Crippen molar-refractivity contribution in [3.05, 3.63) is 65.7 Å². The van der Waals surface area contributed by atoms with Gasteiger partial charge in [-0.1, -0.05) is 85.2 Å². The van der Waals surface area contributed by atoms with E-state index in [1.165, 1.54) is 6.92 Å². The lowest BCUT2D eigenvalue weighted by Gasteiger charge is -2.41. The molecule has 2 aromatic rings. The van der Waals surface area contributed by atoms with Crippen LogP contribution < -0.4 is 15.4 Å². The molecule has 1 heterocycles. The number of methoxy groups -OCH3 is 2. The highest BCUT2D eigenvalue weighted by Crippen LogP contribution is 2.30. The Balaban J connectivity index is 1.79. The van der Waals surface area contributed by atoms with Crippen LogP contribution in [0.2, 0.25) is 0 Å². The summed E-state index contributed by atoms with van der Waals surface area (Å²) in [5.41, 5.74) is 1.63. The van der Waals surface area contributed by atoms with Gasteiger partial charge in [0.05, 0.1) is 48.7 Å². The number of benzene rings is 2. The number of ketones is 1. The van der Waals surface area contributed by atoms with Crippen LogP contribution in [0, 0.1) is 23.7 Å². The monoisotopic (exact) mass is 850 g/mol. The number of likely N-dealkylation sites (N-methyl/N-ethyl adjacent to an activating group) is 2. The van der Waals surface area contributed by atoms with Gasteiger partial charge >= 0.3 is 0 Å². The number of likely N-dealkylation sites (tertiary alicyclic amines) is 1. The maximum atomic E-state index is 14.4. The molecule has 0 aromatic heterocycles. The Morgan fingerprint density at radius 1 is 0.836 bits per heavy atom. The Labute approximate surface area is 365 Å². The second-order valence-electron chi connectivity index (χ2n) is 17.8. The van der Waals surface area contributed by atoms with E-state index in [4.69, 9.17) is 14.2 Å². The Kier molecular flexibility index (Phi) is 20.4. The first kappa shape index (κ1) is 51.0. The van der Waals surface area contributed by atoms with E-state index in [9.17, 15) is 24.0 Å². The Morgan fingerprint density at radius 2 is 1.48 bits per heavy atom. The highest BCUT2D eigenvalue weighted by Gasteiger charge is 2.43. The van der Waals surface area contributed by atoms with Crippen molar-refractivity contribution in [1.82, 2.24) is 25.3 Å². The predicted octanol–water partition coefficient (Wildman–Crippen LogP) is 5.64. The van der Waals surface area contributed by atoms with E-state index in [0.717, 1.165) is 18.4 Å². The van der Waals surface area contributed by atoms with Crippen molar-refractivity contribution in [2.75, 3.05) is 48.5 Å². The van der Waals surface area contributed by atoms with Gasteiger partial charge in [-0.2, -0.15) is 0 Å². The smallest absolute Gasteiger partial charge is 0.245 e. The van der Waals surface area contributed by atoms with Gasteiger partial charge in [0.2, 0.25) is 23.6 Å². The van der Waals surface area contributed by atoms with Crippen molar-refractivity contribution in [2.24, 2.45) is 23.7 Å². The lowest BCUT2D eigenvalue weighted by molar-refractivity contribution is -0.148. The second-order valence-corrected chi connectivity index (χ2v) is 17.8. The highest BCUT2D eigenvalue weighted by molar-refractivity contribution is 5.94. The van der Waals surface area contributed by atoms with Crippen LogP contribution in [0.1, 0.15) is 97.0 Å². The summed E-state index contributed by atoms with van der Waals surface area (Å²) in [4.78, 5) is 73.4. The van der Waals surface area contributed by atoms with E-state index in [-0.39, 0.29) is 72.3 Å². The molecule has 1 saturated heterocycles. The van der Waals surface area contributed by atoms with Gasteiger partial charge in [0.1, 0.15) is 18.4 Å². The molecule has 0 aliphatic carbocycles. The Morgan fingerprint density at radius 3 is 2.00 bits per heavy atom. The fraction of sp³-hybridized carbons (Fsp3) is 0.646. The topological polar surface area (TPSA) is 147 Å². The molecule has 0 spiro atoms. The molecule has 9 atom stereocenters. The first-order valence-electron chi connectivity index (χ1n) is 22.0. The molecule has 3 rings (SSSR count). The third-order valence-corrected chi connectivity index (χ3v) is 12.3. The van der Waals surface area contributed by atoms with Gasteiger partial charge in [-0.3, -0.25) is 28.9 Å². The van der Waals surface area contributed by atoms with Crippen LogP contribution in [0.3, 0.4) is 0 Å². The van der Waals surface area contributed by atoms with Crippen molar-refractivity contribution in [3.63, 3.8) is 0 Å². The number of ether oxygens (including phenoxy) is 3. The normalized spacial score (nSPS) is 18.2. The summed E-state index contributed by atoms with van der Waals surface area (Å²) in [7, 11) is 8.60. The molecule has 0 unspecified atom stereocenters. The van der Waals surface area contributed by atoms with Gasteiger partial charge in [0.25, 0.3) is 0 Å². The maximum absolute atomic E-state index is 14.4. The summed E-state index contributed by atoms with van der Waals surface area (Å²) in [5.74, 6) is -1.01. The van der Waals surface area contributed by atoms with Crippen LogP contribution in [0.15, 0.2) is 54.6 Å². The number of amides is 4. The van der Waals surface area contributed by atoms with Crippen LogP contribution in [0.4, 0.5) is 0 Å². The highest BCUT2D eigenvalue weighted by atomic mass is 16.5. The fourth-order valence-corrected chi connectivity index (χ4v) is 8.78. The van der Waals surface area contributed by atoms with E-state index in [1.807, 2.05) is 95.8 Å². The summed E-state index contributed by atoms with van der Waals surface area (Å²) < 4.78 is 18.2. The van der Waals surface area contributed by atoms with E-state index in [0.29, 0.717) is 30.7 Å². The largest absolute Gasteiger partial charge is 0.491 e. The molecule has 4 amide bonds. The van der Waals surface area contributed by atoms with E-state index >= 15 is 0 Å². The molecule has 2 N–H and O–H groups in total. The molecule has 61 heavy (non-hydrogen) atoms. The SMILES string of the molecule is CC[C@H](C)[C@@H]([C@@H](CC(=O)N1CCC[C@H]1[C@H](OC)[C@@H](C)C(=O)N[C@H](COc1ccc(C(C)=O)cc1)Cc1ccccc1)OC)N(C)C(=O)[C@@H](NC(=O)[C@H](C(C)C)N(C)C)C(C)C. The number of nitrogens with zero attached hydrogens (tertiary/aromatic N) is 3. The molecule has 2 aromatic carbocycles. The van der Waals surface area contributed by atoms with Crippen molar-refractivity contribution in [2.45, 2.75) is 130 Å². The van der Waals surface area contributed by atoms with Gasteiger partial charge in [0.15, 0.2) is 5.78 Å². The second kappa shape index (κ2) is 24.3. The number of hydrogen-bond acceptors (Lipinski definition) is 9. The van der Waals surface area contributed by atoms with Crippen molar-refractivity contribution < 1.29 is 38.2 Å². The quantitative estimate of drug-likeness (QED) is 0.128. The number of hydrogen-bond donors (Lipinski definition) is 2. The molecule has 1 aliphatic heterocycles. The molecule has 340 valence electrons. The number of Topliss-reactive ketones (excluding diaryl/α,β-unsaturated/α-hetero) is 1. The summed E-state index contributed by atoms with van der Waals surface area (Å²) in [6.45, 7) is 16.0. The Bertz CT molecular complexity index is 1700. The molecule has 1 fully saturated rings. The van der Waals surface area contributed by atoms with Gasteiger partial charge < -0.3 is 34.6 Å². The van der Waals surface area contributed by atoms with Crippen LogP contribution in [-0.4, -0.2) is 135 Å². The first-order valence-corrected chi connectivity index (χ1v) is 22.0. The van der Waals surface area contributed by atoms with Crippen LogP contribution >= 0.6 is 0 Å². The zero-order chi connectivity index (χ0) is 45.6. The molecule has 0 bridgehead atoms. The van der Waals surface area contributed by atoms with Gasteiger partial charge in [0, 0.05) is 33.4 Å². The standard InChI is InChI=1S/C48H75N5O8/c1-14-32(6)44(52(11)48(58)42(30(2)3)50-47(57)43(31(4)5)51(9)10)40(59-12)28-41(55)53-26-18-21-39(53)45(60-13)33(7)46(56)49-37(27-35-19-16-15-17-20-35)29-61-38-24-22-36(23-25-38)34(8)54/h15-17,19-20,22-25,30-33,37,39-40,42-45H,14,18,21,26-29H2,1-13H3,(H,49,56)(H,50,57)/t32-,33+,37-,39-,40+,42-,43-,44-,45+/m0/s1. The maximum Gasteiger partial charge on any atom is 0.245 e. The summed E-state index contributed by atoms with van der Waals surface area (Å²) in [6, 6.07) is 14.4. The number of rotatable bonds is 24. The van der Waals surface area contributed by atoms with Crippen LogP contribution in [0.5, 0.6) is 5.75 Å². The third kappa shape index (κ3) is 14.1. The minimum absolute atomic E-state index is 0.0231. The minimum Gasteiger partial charge on any atom is -0.491 e. The summed E-state index contributed by atoms with van der Waals surface area (Å²) in [5, 5.41) is 6.25. The lowest BCUT2D eigenvalue weighted by atomic mass is 9.89. The van der Waals surface area contributed by atoms with Crippen molar-refractivity contribution in [3.8, 4) is 5.75 Å². The van der Waals surface area contributed by atoms with E-state index in [1.54, 1.807) is 50.4 Å². The predicted molar refractivity (Wildman–Crippen MR) is 239 cm³/mol. The van der Waals surface area contributed by atoms with Gasteiger partial charge in [-0.05, 0) is 87.9 Å². The van der Waals surface area contributed by atoms with E-state index < -0.39 is 36.3 Å². The van der Waals surface area contributed by atoms with Gasteiger partial charge in [-0.25, -0.2) is 0 Å². The Hall–Kier alpha value is -4.33. The lowest BCUT2D eigenvalue weighted by Crippen LogP contribution is -2.59. The van der Waals surface area contributed by atoms with Crippen molar-refractivity contribution >= 4 is 29.4 Å². The zero-order valence-corrected chi connectivity index (χ0v) is 39.1. The number of carbonyl (C=O) groups is 5. The average molecular weight is 850 g/mol. The molecule has 13 nitrogen and oxygen atoms in total. The van der Waals surface area contributed by atoms with Crippen LogP contribution in [0.25, 0.3) is 0 Å². The third-order valence-electron chi connectivity index (χ3n) is 12.3. The summed E-state index contributed by atoms with van der Waals surface area (Å²) >= 11 is 0. The van der Waals surface area contributed by atoms with Crippen LogP contribution in [-0.2, 0) is 35.1 Å². The summed E-state index contributed by atoms with van der Waals surface area (Å²) in [6.07, 6.45) is 1.48. The van der Waals surface area contributed by atoms with Gasteiger partial charge in [-0.15, -0.1) is 0 Å². The number of carbonyl (C=O) groups excluding carboxylic acids is 5. The molecular weight excluding hydrogens is 775 g/mol. The zero-order valence-electron chi connectivity index (χ0n) is 39.1. The molecular formula is C48H75N5O8. The van der Waals surface area contributed by atoms with E-state index in [2.05, 4.69) is 17.6 Å². The van der Waals surface area contributed by atoms with Crippen molar-refractivity contribution in [1.29, 1.82) is 0 Å². The molecule has 0 radical (unpaired) electrons. The average Bonchev–Trinajstić information content (AvgIpc) is 3.71. The molecule has 1 aliphatic rings. The molecule has 0 saturated carbocycles.